The van der Waals surface area contributed by atoms with E-state index in [-0.39, 0.29) is 18.4 Å². The molecule has 6 heteroatoms. The van der Waals surface area contributed by atoms with Crippen LogP contribution in [-0.2, 0) is 11.3 Å². The zero-order valence-corrected chi connectivity index (χ0v) is 16.7. The van der Waals surface area contributed by atoms with Crippen molar-refractivity contribution in [2.24, 2.45) is 0 Å². The number of benzene rings is 3. The Morgan fingerprint density at radius 2 is 1.69 bits per heavy atom. The minimum absolute atomic E-state index is 0.123. The van der Waals surface area contributed by atoms with Crippen molar-refractivity contribution in [3.63, 3.8) is 0 Å². The number of hydrogen-bond donors (Lipinski definition) is 2. The van der Waals surface area contributed by atoms with E-state index < -0.39 is 0 Å². The van der Waals surface area contributed by atoms with Gasteiger partial charge < -0.3 is 15.4 Å². The first-order valence-electron chi connectivity index (χ1n) is 9.12. The largest absolute Gasteiger partial charge is 0.483 e. The first kappa shape index (κ1) is 20.4. The molecule has 3 aromatic rings. The number of halogens is 1. The fraction of sp³-hybridized carbons (Fsp3) is 0.130. The molecule has 3 aromatic carbocycles. The maximum absolute atomic E-state index is 12.2. The summed E-state index contributed by atoms with van der Waals surface area (Å²) in [6, 6.07) is 21.6. The molecule has 0 heterocycles. The highest BCUT2D eigenvalue weighted by atomic mass is 35.5. The second kappa shape index (κ2) is 9.75. The van der Waals surface area contributed by atoms with Gasteiger partial charge in [-0.15, -0.1) is 0 Å². The summed E-state index contributed by atoms with van der Waals surface area (Å²) < 4.78 is 5.53. The second-order valence-electron chi connectivity index (χ2n) is 6.49. The van der Waals surface area contributed by atoms with Crippen molar-refractivity contribution in [2.45, 2.75) is 13.5 Å². The van der Waals surface area contributed by atoms with Crippen LogP contribution in [0.15, 0.2) is 72.8 Å². The van der Waals surface area contributed by atoms with Crippen molar-refractivity contribution in [2.75, 3.05) is 11.9 Å². The third-order valence-corrected chi connectivity index (χ3v) is 4.46. The molecule has 0 aliphatic heterocycles. The van der Waals surface area contributed by atoms with Gasteiger partial charge >= 0.3 is 0 Å². The van der Waals surface area contributed by atoms with Gasteiger partial charge in [0.2, 0.25) is 0 Å². The Morgan fingerprint density at radius 3 is 2.38 bits per heavy atom. The summed E-state index contributed by atoms with van der Waals surface area (Å²) >= 11 is 5.91. The molecule has 0 atom stereocenters. The van der Waals surface area contributed by atoms with Gasteiger partial charge in [0.05, 0.1) is 0 Å². The highest BCUT2D eigenvalue weighted by Crippen LogP contribution is 2.21. The summed E-state index contributed by atoms with van der Waals surface area (Å²) in [5.74, 6) is 0.142. The molecule has 0 unspecified atom stereocenters. The van der Waals surface area contributed by atoms with Gasteiger partial charge in [-0.25, -0.2) is 0 Å². The summed E-state index contributed by atoms with van der Waals surface area (Å²) in [7, 11) is 0. The predicted octanol–water partition coefficient (Wildman–Crippen LogP) is 4.60. The maximum Gasteiger partial charge on any atom is 0.262 e. The summed E-state index contributed by atoms with van der Waals surface area (Å²) in [4.78, 5) is 24.3. The van der Waals surface area contributed by atoms with Gasteiger partial charge in [-0.05, 0) is 60.5 Å². The Labute approximate surface area is 174 Å². The van der Waals surface area contributed by atoms with Crippen LogP contribution in [0.3, 0.4) is 0 Å². The molecule has 0 aliphatic carbocycles. The zero-order chi connectivity index (χ0) is 20.6. The molecule has 29 heavy (non-hydrogen) atoms. The van der Waals surface area contributed by atoms with Gasteiger partial charge in [0.1, 0.15) is 5.75 Å². The first-order chi connectivity index (χ1) is 14.0. The molecule has 0 saturated heterocycles. The van der Waals surface area contributed by atoms with E-state index in [0.29, 0.717) is 28.6 Å². The summed E-state index contributed by atoms with van der Waals surface area (Å²) in [5, 5.41) is 6.23. The van der Waals surface area contributed by atoms with Crippen LogP contribution >= 0.6 is 11.6 Å². The van der Waals surface area contributed by atoms with Crippen LogP contribution in [0, 0.1) is 6.92 Å². The van der Waals surface area contributed by atoms with Gasteiger partial charge in [-0.1, -0.05) is 41.9 Å². The average molecular weight is 409 g/mol. The van der Waals surface area contributed by atoms with E-state index in [1.54, 1.807) is 42.5 Å². The molecule has 0 saturated carbocycles. The van der Waals surface area contributed by atoms with E-state index in [1.165, 1.54) is 0 Å². The third kappa shape index (κ3) is 6.09. The number of nitrogens with one attached hydrogen (secondary N) is 2. The van der Waals surface area contributed by atoms with Crippen LogP contribution in [0.5, 0.6) is 5.75 Å². The van der Waals surface area contributed by atoms with Gasteiger partial charge in [0, 0.05) is 22.8 Å². The van der Waals surface area contributed by atoms with Gasteiger partial charge in [-0.2, -0.15) is 0 Å². The molecule has 2 amide bonds. The molecule has 148 valence electrons. The lowest BCUT2D eigenvalue weighted by atomic mass is 10.1. The number of anilines is 1. The minimum Gasteiger partial charge on any atom is -0.483 e. The number of rotatable bonds is 7. The van der Waals surface area contributed by atoms with Crippen LogP contribution in [0.1, 0.15) is 21.5 Å². The van der Waals surface area contributed by atoms with Crippen molar-refractivity contribution in [3.05, 3.63) is 94.5 Å². The Morgan fingerprint density at radius 1 is 0.966 bits per heavy atom. The topological polar surface area (TPSA) is 67.4 Å². The number of ether oxygens (including phenoxy) is 1. The number of amides is 2. The van der Waals surface area contributed by atoms with Gasteiger partial charge in [0.25, 0.3) is 11.8 Å². The highest BCUT2D eigenvalue weighted by Gasteiger charge is 2.08. The zero-order valence-electron chi connectivity index (χ0n) is 15.9. The molecule has 0 aromatic heterocycles. The highest BCUT2D eigenvalue weighted by molar-refractivity contribution is 6.30. The van der Waals surface area contributed by atoms with Crippen LogP contribution < -0.4 is 15.4 Å². The Hall–Kier alpha value is -3.31. The minimum atomic E-state index is -0.291. The number of aryl methyl sites for hydroxylation is 1. The van der Waals surface area contributed by atoms with Crippen molar-refractivity contribution in [1.82, 2.24) is 5.32 Å². The fourth-order valence-electron chi connectivity index (χ4n) is 2.70. The van der Waals surface area contributed by atoms with Crippen LogP contribution in [0.25, 0.3) is 0 Å². The Kier molecular flexibility index (Phi) is 6.87. The fourth-order valence-corrected chi connectivity index (χ4v) is 2.93. The lowest BCUT2D eigenvalue weighted by Gasteiger charge is -2.10. The Balaban J connectivity index is 1.49. The van der Waals surface area contributed by atoms with Crippen molar-refractivity contribution < 1.29 is 14.3 Å². The quantitative estimate of drug-likeness (QED) is 0.600. The van der Waals surface area contributed by atoms with Gasteiger partial charge in [-0.3, -0.25) is 9.59 Å². The molecule has 3 rings (SSSR count). The van der Waals surface area contributed by atoms with Crippen LogP contribution in [0.2, 0.25) is 5.02 Å². The molecular weight excluding hydrogens is 388 g/mol. The monoisotopic (exact) mass is 408 g/mol. The van der Waals surface area contributed by atoms with Crippen molar-refractivity contribution in [3.8, 4) is 5.75 Å². The summed E-state index contributed by atoms with van der Waals surface area (Å²) in [6.45, 7) is 2.20. The molecular formula is C23H21ClN2O3. The van der Waals surface area contributed by atoms with E-state index in [9.17, 15) is 9.59 Å². The molecule has 2 N–H and O–H groups in total. The first-order valence-corrected chi connectivity index (χ1v) is 9.50. The summed E-state index contributed by atoms with van der Waals surface area (Å²) in [5.41, 5.74) is 3.00. The number of carbonyl (C=O) groups is 2. The number of carbonyl (C=O) groups excluding carboxylic acids is 2. The summed E-state index contributed by atoms with van der Waals surface area (Å²) in [6.07, 6.45) is 0. The van der Waals surface area contributed by atoms with Crippen molar-refractivity contribution >= 4 is 29.1 Å². The lowest BCUT2D eigenvalue weighted by Crippen LogP contribution is -2.23. The molecule has 0 radical (unpaired) electrons. The average Bonchev–Trinajstić information content (AvgIpc) is 2.72. The second-order valence-corrected chi connectivity index (χ2v) is 6.93. The smallest absolute Gasteiger partial charge is 0.262 e. The Bertz CT molecular complexity index is 989. The third-order valence-electron chi connectivity index (χ3n) is 4.22. The standard InChI is InChI=1S/C23H21ClN2O3/c1-16-13-19(24)9-12-21(16)29-15-22(27)26-20-10-7-18(8-11-20)23(28)25-14-17-5-3-2-4-6-17/h2-13H,14-15H2,1H3,(H,25,28)(H,26,27). The van der Waals surface area contributed by atoms with Crippen LogP contribution in [0.4, 0.5) is 5.69 Å². The van der Waals surface area contributed by atoms with Crippen LogP contribution in [-0.4, -0.2) is 18.4 Å². The van der Waals surface area contributed by atoms with Gasteiger partial charge in [0.15, 0.2) is 6.61 Å². The molecule has 0 spiro atoms. The molecule has 0 bridgehead atoms. The van der Waals surface area contributed by atoms with E-state index in [1.807, 2.05) is 37.3 Å². The number of hydrogen-bond acceptors (Lipinski definition) is 3. The molecule has 0 fully saturated rings. The normalized spacial score (nSPS) is 10.3. The van der Waals surface area contributed by atoms with E-state index in [2.05, 4.69) is 10.6 Å². The maximum atomic E-state index is 12.2. The molecule has 0 aliphatic rings. The predicted molar refractivity (Wildman–Crippen MR) is 114 cm³/mol. The lowest BCUT2D eigenvalue weighted by molar-refractivity contribution is -0.118. The molecule has 5 nitrogen and oxygen atoms in total. The SMILES string of the molecule is Cc1cc(Cl)ccc1OCC(=O)Nc1ccc(C(=O)NCc2ccccc2)cc1. The van der Waals surface area contributed by atoms with E-state index in [4.69, 9.17) is 16.3 Å². The van der Waals surface area contributed by atoms with Crippen molar-refractivity contribution in [1.29, 1.82) is 0 Å². The van der Waals surface area contributed by atoms with E-state index >= 15 is 0 Å². The van der Waals surface area contributed by atoms with E-state index in [0.717, 1.165) is 11.1 Å².